The Bertz CT molecular complexity index is 918. The number of rotatable bonds is 4. The molecule has 1 aliphatic rings. The van der Waals surface area contributed by atoms with Gasteiger partial charge in [-0.15, -0.1) is 0 Å². The van der Waals surface area contributed by atoms with E-state index in [1.807, 2.05) is 0 Å². The summed E-state index contributed by atoms with van der Waals surface area (Å²) in [6.45, 7) is 1.50. The van der Waals surface area contributed by atoms with Crippen LogP contribution in [-0.2, 0) is 0 Å². The molecule has 1 aromatic carbocycles. The van der Waals surface area contributed by atoms with Crippen LogP contribution in [0.4, 0.5) is 16.2 Å². The van der Waals surface area contributed by atoms with Gasteiger partial charge in [0, 0.05) is 31.3 Å². The number of nitrogens with one attached hydrogen (secondary N) is 2. The summed E-state index contributed by atoms with van der Waals surface area (Å²) in [5.41, 5.74) is 0.825. The van der Waals surface area contributed by atoms with Crippen LogP contribution < -0.4 is 15.8 Å². The van der Waals surface area contributed by atoms with Crippen molar-refractivity contribution in [3.63, 3.8) is 0 Å². The Morgan fingerprint density at radius 2 is 2.24 bits per heavy atom. The van der Waals surface area contributed by atoms with Crippen molar-refractivity contribution in [3.05, 3.63) is 46.5 Å². The van der Waals surface area contributed by atoms with Gasteiger partial charge >= 0.3 is 0 Å². The molecule has 4 rings (SSSR count). The molecule has 2 aromatic heterocycles. The SMILES string of the molecule is O=c1ccc(N2CCCCC2CNc2nc3ccc(F)cc3o2)n[nH]1. The molecular weight excluding hydrogens is 325 g/mol. The third-order valence-electron chi connectivity index (χ3n) is 4.43. The minimum atomic E-state index is -0.349. The summed E-state index contributed by atoms with van der Waals surface area (Å²) >= 11 is 0. The first kappa shape index (κ1) is 15.6. The van der Waals surface area contributed by atoms with Gasteiger partial charge in [0.25, 0.3) is 11.6 Å². The third-order valence-corrected chi connectivity index (χ3v) is 4.43. The highest BCUT2D eigenvalue weighted by Crippen LogP contribution is 2.24. The largest absolute Gasteiger partial charge is 0.423 e. The molecule has 0 radical (unpaired) electrons. The summed E-state index contributed by atoms with van der Waals surface area (Å²) in [4.78, 5) is 17.7. The number of hydrogen-bond donors (Lipinski definition) is 2. The molecular formula is C17H18FN5O2. The van der Waals surface area contributed by atoms with Crippen LogP contribution in [0.1, 0.15) is 19.3 Å². The Morgan fingerprint density at radius 1 is 1.32 bits per heavy atom. The van der Waals surface area contributed by atoms with E-state index < -0.39 is 0 Å². The monoisotopic (exact) mass is 343 g/mol. The Labute approximate surface area is 142 Å². The van der Waals surface area contributed by atoms with Gasteiger partial charge in [0.1, 0.15) is 17.2 Å². The van der Waals surface area contributed by atoms with E-state index in [0.29, 0.717) is 23.7 Å². The van der Waals surface area contributed by atoms with Crippen molar-refractivity contribution in [1.29, 1.82) is 0 Å². The van der Waals surface area contributed by atoms with E-state index in [0.717, 1.165) is 31.6 Å². The third kappa shape index (κ3) is 3.33. The minimum Gasteiger partial charge on any atom is -0.423 e. The maximum atomic E-state index is 13.2. The first-order valence-electron chi connectivity index (χ1n) is 8.31. The molecule has 0 aliphatic carbocycles. The summed E-state index contributed by atoms with van der Waals surface area (Å²) in [6.07, 6.45) is 3.22. The van der Waals surface area contributed by atoms with E-state index in [9.17, 15) is 9.18 Å². The molecule has 1 aliphatic heterocycles. The lowest BCUT2D eigenvalue weighted by Crippen LogP contribution is -2.44. The average molecular weight is 343 g/mol. The smallest absolute Gasteiger partial charge is 0.295 e. The summed E-state index contributed by atoms with van der Waals surface area (Å²) in [7, 11) is 0. The fourth-order valence-corrected chi connectivity index (χ4v) is 3.19. The number of aromatic nitrogens is 3. The average Bonchev–Trinajstić information content (AvgIpc) is 3.03. The van der Waals surface area contributed by atoms with Crippen LogP contribution in [0, 0.1) is 5.82 Å². The topological polar surface area (TPSA) is 87.1 Å². The lowest BCUT2D eigenvalue weighted by Gasteiger charge is -2.36. The van der Waals surface area contributed by atoms with Crippen LogP contribution in [0.5, 0.6) is 0 Å². The Morgan fingerprint density at radius 3 is 3.08 bits per heavy atom. The number of oxazole rings is 1. The molecule has 1 unspecified atom stereocenters. The number of anilines is 2. The van der Waals surface area contributed by atoms with Gasteiger partial charge in [-0.1, -0.05) is 0 Å². The molecule has 2 N–H and O–H groups in total. The molecule has 7 nitrogen and oxygen atoms in total. The van der Waals surface area contributed by atoms with Gasteiger partial charge in [0.2, 0.25) is 0 Å². The highest BCUT2D eigenvalue weighted by Gasteiger charge is 2.24. The number of aromatic amines is 1. The van der Waals surface area contributed by atoms with E-state index in [4.69, 9.17) is 4.42 Å². The number of hydrogen-bond acceptors (Lipinski definition) is 6. The summed E-state index contributed by atoms with van der Waals surface area (Å²) in [6, 6.07) is 8.08. The van der Waals surface area contributed by atoms with Gasteiger partial charge in [-0.2, -0.15) is 10.1 Å². The molecule has 8 heteroatoms. The molecule has 3 heterocycles. The van der Waals surface area contributed by atoms with Crippen LogP contribution in [0.15, 0.2) is 39.5 Å². The van der Waals surface area contributed by atoms with Gasteiger partial charge in [-0.3, -0.25) is 4.79 Å². The van der Waals surface area contributed by atoms with Gasteiger partial charge < -0.3 is 14.6 Å². The van der Waals surface area contributed by atoms with Crippen molar-refractivity contribution >= 4 is 22.9 Å². The summed E-state index contributed by atoms with van der Waals surface area (Å²) in [5, 5.41) is 9.80. The van der Waals surface area contributed by atoms with E-state index in [1.165, 1.54) is 18.2 Å². The van der Waals surface area contributed by atoms with Crippen molar-refractivity contribution in [2.24, 2.45) is 0 Å². The second-order valence-corrected chi connectivity index (χ2v) is 6.13. The van der Waals surface area contributed by atoms with Gasteiger partial charge in [0.15, 0.2) is 5.58 Å². The fourth-order valence-electron chi connectivity index (χ4n) is 3.19. The summed E-state index contributed by atoms with van der Waals surface area (Å²) < 4.78 is 18.8. The molecule has 0 amide bonds. The number of piperidine rings is 1. The predicted molar refractivity (Wildman–Crippen MR) is 92.3 cm³/mol. The summed E-state index contributed by atoms with van der Waals surface area (Å²) in [5.74, 6) is 0.406. The number of fused-ring (bicyclic) bond motifs is 1. The maximum Gasteiger partial charge on any atom is 0.295 e. The lowest BCUT2D eigenvalue weighted by atomic mass is 10.0. The Balaban J connectivity index is 1.49. The standard InChI is InChI=1S/C17H18FN5O2/c18-11-4-5-13-14(9-11)25-17(20-13)19-10-12-3-1-2-8-23(12)15-6-7-16(24)22-21-15/h4-7,9,12H,1-3,8,10H2,(H,19,20)(H,22,24). The second kappa shape index (κ2) is 6.54. The van der Waals surface area contributed by atoms with Crippen LogP contribution in [0.3, 0.4) is 0 Å². The quantitative estimate of drug-likeness (QED) is 0.757. The number of halogens is 1. The predicted octanol–water partition coefficient (Wildman–Crippen LogP) is 2.52. The van der Waals surface area contributed by atoms with E-state index in [-0.39, 0.29) is 17.4 Å². The van der Waals surface area contributed by atoms with Gasteiger partial charge in [-0.25, -0.2) is 9.49 Å². The zero-order valence-electron chi connectivity index (χ0n) is 13.5. The molecule has 25 heavy (non-hydrogen) atoms. The Kier molecular flexibility index (Phi) is 4.09. The zero-order valence-corrected chi connectivity index (χ0v) is 13.5. The second-order valence-electron chi connectivity index (χ2n) is 6.13. The number of H-pyrrole nitrogens is 1. The van der Waals surface area contributed by atoms with Crippen LogP contribution in [0.2, 0.25) is 0 Å². The first-order valence-corrected chi connectivity index (χ1v) is 8.31. The first-order chi connectivity index (χ1) is 12.2. The van der Waals surface area contributed by atoms with E-state index in [2.05, 4.69) is 25.4 Å². The van der Waals surface area contributed by atoms with Crippen molar-refractivity contribution in [2.45, 2.75) is 25.3 Å². The molecule has 1 fully saturated rings. The van der Waals surface area contributed by atoms with Crippen molar-refractivity contribution in [3.8, 4) is 0 Å². The number of benzene rings is 1. The van der Waals surface area contributed by atoms with Crippen molar-refractivity contribution in [1.82, 2.24) is 15.2 Å². The lowest BCUT2D eigenvalue weighted by molar-refractivity contribution is 0.463. The molecule has 0 bridgehead atoms. The fraction of sp³-hybridized carbons (Fsp3) is 0.353. The van der Waals surface area contributed by atoms with Gasteiger partial charge in [0.05, 0.1) is 0 Å². The van der Waals surface area contributed by atoms with Crippen LogP contribution >= 0.6 is 0 Å². The van der Waals surface area contributed by atoms with Crippen LogP contribution in [-0.4, -0.2) is 34.3 Å². The van der Waals surface area contributed by atoms with Gasteiger partial charge in [-0.05, 0) is 37.5 Å². The Hall–Kier alpha value is -2.90. The minimum absolute atomic E-state index is 0.207. The highest BCUT2D eigenvalue weighted by atomic mass is 19.1. The molecule has 0 spiro atoms. The van der Waals surface area contributed by atoms with Crippen molar-refractivity contribution in [2.75, 3.05) is 23.3 Å². The molecule has 0 saturated carbocycles. The molecule has 1 atom stereocenters. The molecule has 3 aromatic rings. The number of nitrogens with zero attached hydrogens (tertiary/aromatic N) is 3. The maximum absolute atomic E-state index is 13.2. The van der Waals surface area contributed by atoms with E-state index >= 15 is 0 Å². The van der Waals surface area contributed by atoms with E-state index in [1.54, 1.807) is 12.1 Å². The molecule has 130 valence electrons. The molecule has 1 saturated heterocycles. The van der Waals surface area contributed by atoms with Crippen LogP contribution in [0.25, 0.3) is 11.1 Å². The normalized spacial score (nSPS) is 17.8. The zero-order chi connectivity index (χ0) is 17.2. The highest BCUT2D eigenvalue weighted by molar-refractivity contribution is 5.74. The van der Waals surface area contributed by atoms with Crippen molar-refractivity contribution < 1.29 is 8.81 Å².